The van der Waals surface area contributed by atoms with Crippen molar-refractivity contribution in [2.24, 2.45) is 0 Å². The molecule has 4 rings (SSSR count). The summed E-state index contributed by atoms with van der Waals surface area (Å²) in [6, 6.07) is 17.6. The number of nitrogens with zero attached hydrogens (tertiary/aromatic N) is 4. The lowest BCUT2D eigenvalue weighted by atomic mass is 10.2. The van der Waals surface area contributed by atoms with Crippen LogP contribution in [0.2, 0.25) is 0 Å². The highest BCUT2D eigenvalue weighted by molar-refractivity contribution is 5.75. The maximum Gasteiger partial charge on any atom is 0.262 e. The second-order valence-corrected chi connectivity index (χ2v) is 7.04. The van der Waals surface area contributed by atoms with Crippen LogP contribution >= 0.6 is 0 Å². The fraction of sp³-hybridized carbons (Fsp3) is 0.227. The minimum atomic E-state index is -0.184. The van der Waals surface area contributed by atoms with Crippen LogP contribution in [0, 0.1) is 6.92 Å². The van der Waals surface area contributed by atoms with Crippen molar-refractivity contribution in [1.29, 1.82) is 0 Å². The summed E-state index contributed by atoms with van der Waals surface area (Å²) < 4.78 is 7.47. The van der Waals surface area contributed by atoms with E-state index >= 15 is 0 Å². The van der Waals surface area contributed by atoms with Gasteiger partial charge in [-0.25, -0.2) is 9.67 Å². The van der Waals surface area contributed by atoms with Gasteiger partial charge in [0, 0.05) is 6.54 Å². The number of fused-ring (bicyclic) bond motifs is 1. The van der Waals surface area contributed by atoms with Crippen molar-refractivity contribution in [3.63, 3.8) is 0 Å². The van der Waals surface area contributed by atoms with E-state index in [2.05, 4.69) is 20.0 Å². The van der Waals surface area contributed by atoms with Gasteiger partial charge in [0.15, 0.2) is 5.65 Å². The Balaban J connectivity index is 1.46. The molecule has 0 bridgehead atoms. The Morgan fingerprint density at radius 2 is 1.86 bits per heavy atom. The van der Waals surface area contributed by atoms with E-state index in [4.69, 9.17) is 4.74 Å². The van der Waals surface area contributed by atoms with Crippen LogP contribution in [-0.4, -0.2) is 44.8 Å². The topological polar surface area (TPSA) is 76.0 Å². The molecule has 0 amide bonds. The number of rotatable bonds is 7. The first-order chi connectivity index (χ1) is 14.1. The quantitative estimate of drug-likeness (QED) is 0.526. The normalized spacial score (nSPS) is 11.3. The molecule has 148 valence electrons. The molecule has 0 aliphatic carbocycles. The van der Waals surface area contributed by atoms with Crippen molar-refractivity contribution in [2.75, 3.05) is 20.2 Å². The number of aromatic amines is 1. The number of benzene rings is 2. The van der Waals surface area contributed by atoms with Crippen molar-refractivity contribution in [3.05, 3.63) is 82.5 Å². The zero-order valence-corrected chi connectivity index (χ0v) is 16.5. The molecule has 2 aromatic heterocycles. The van der Waals surface area contributed by atoms with Crippen LogP contribution in [0.4, 0.5) is 0 Å². The third-order valence-electron chi connectivity index (χ3n) is 4.67. The number of para-hydroxylation sites is 1. The number of H-pyrrole nitrogens is 1. The SMILES string of the molecule is Cc1ccc(OCCN(C)Cc2nc3c(cnn3-c3ccccc3)c(=O)[nH]2)cc1. The highest BCUT2D eigenvalue weighted by Crippen LogP contribution is 2.14. The molecule has 0 spiro atoms. The number of likely N-dealkylation sites (N-methyl/N-ethyl adjacent to an activating group) is 1. The second-order valence-electron chi connectivity index (χ2n) is 7.04. The highest BCUT2D eigenvalue weighted by Gasteiger charge is 2.12. The summed E-state index contributed by atoms with van der Waals surface area (Å²) in [4.78, 5) is 22.0. The van der Waals surface area contributed by atoms with E-state index in [9.17, 15) is 4.79 Å². The van der Waals surface area contributed by atoms with Gasteiger partial charge < -0.3 is 9.72 Å². The largest absolute Gasteiger partial charge is 0.492 e. The zero-order valence-electron chi connectivity index (χ0n) is 16.5. The number of hydrogen-bond donors (Lipinski definition) is 1. The van der Waals surface area contributed by atoms with Gasteiger partial charge in [0.05, 0.1) is 18.4 Å². The predicted octanol–water partition coefficient (Wildman–Crippen LogP) is 2.93. The molecule has 0 atom stereocenters. The van der Waals surface area contributed by atoms with Crippen molar-refractivity contribution in [2.45, 2.75) is 13.5 Å². The number of aryl methyl sites for hydroxylation is 1. The third-order valence-corrected chi connectivity index (χ3v) is 4.67. The molecule has 0 saturated carbocycles. The standard InChI is InChI=1S/C22H23N5O2/c1-16-8-10-18(11-9-16)29-13-12-26(2)15-20-24-21-19(22(28)25-20)14-23-27(21)17-6-4-3-5-7-17/h3-11,14H,12-13,15H2,1-2H3,(H,24,25,28). The molecule has 29 heavy (non-hydrogen) atoms. The van der Waals surface area contributed by atoms with E-state index in [1.54, 1.807) is 10.9 Å². The first-order valence-corrected chi connectivity index (χ1v) is 9.50. The van der Waals surface area contributed by atoms with Crippen molar-refractivity contribution in [3.8, 4) is 11.4 Å². The predicted molar refractivity (Wildman–Crippen MR) is 112 cm³/mol. The average Bonchev–Trinajstić information content (AvgIpc) is 3.15. The van der Waals surface area contributed by atoms with Gasteiger partial charge in [0.2, 0.25) is 0 Å². The van der Waals surface area contributed by atoms with E-state index in [1.807, 2.05) is 68.6 Å². The maximum absolute atomic E-state index is 12.5. The molecule has 0 radical (unpaired) electrons. The lowest BCUT2D eigenvalue weighted by Gasteiger charge is -2.16. The lowest BCUT2D eigenvalue weighted by molar-refractivity contribution is 0.230. The number of aromatic nitrogens is 4. The molecular formula is C22H23N5O2. The van der Waals surface area contributed by atoms with Gasteiger partial charge in [-0.2, -0.15) is 5.10 Å². The van der Waals surface area contributed by atoms with E-state index < -0.39 is 0 Å². The Kier molecular flexibility index (Phi) is 5.39. The first-order valence-electron chi connectivity index (χ1n) is 9.50. The minimum absolute atomic E-state index is 0.184. The number of nitrogens with one attached hydrogen (secondary N) is 1. The lowest BCUT2D eigenvalue weighted by Crippen LogP contribution is -2.26. The van der Waals surface area contributed by atoms with Gasteiger partial charge >= 0.3 is 0 Å². The minimum Gasteiger partial charge on any atom is -0.492 e. The molecular weight excluding hydrogens is 366 g/mol. The molecule has 7 heteroatoms. The summed E-state index contributed by atoms with van der Waals surface area (Å²) in [7, 11) is 1.97. The Morgan fingerprint density at radius 3 is 2.62 bits per heavy atom. The molecule has 2 heterocycles. The van der Waals surface area contributed by atoms with E-state index in [-0.39, 0.29) is 5.56 Å². The molecule has 0 aliphatic heterocycles. The number of ether oxygens (including phenoxy) is 1. The van der Waals surface area contributed by atoms with Crippen LogP contribution in [0.5, 0.6) is 5.75 Å². The van der Waals surface area contributed by atoms with Crippen molar-refractivity contribution >= 4 is 11.0 Å². The second kappa shape index (κ2) is 8.28. The maximum atomic E-state index is 12.5. The van der Waals surface area contributed by atoms with Crippen LogP contribution in [0.3, 0.4) is 0 Å². The van der Waals surface area contributed by atoms with Gasteiger partial charge in [0.1, 0.15) is 23.6 Å². The van der Waals surface area contributed by atoms with Crippen LogP contribution in [0.1, 0.15) is 11.4 Å². The number of hydrogen-bond acceptors (Lipinski definition) is 5. The van der Waals surface area contributed by atoms with Gasteiger partial charge in [0.25, 0.3) is 5.56 Å². The highest BCUT2D eigenvalue weighted by atomic mass is 16.5. The first kappa shape index (κ1) is 18.9. The zero-order chi connectivity index (χ0) is 20.2. The molecule has 0 unspecified atom stereocenters. The summed E-state index contributed by atoms with van der Waals surface area (Å²) in [5.41, 5.74) is 2.44. The summed E-state index contributed by atoms with van der Waals surface area (Å²) >= 11 is 0. The third kappa shape index (κ3) is 4.35. The van der Waals surface area contributed by atoms with Crippen molar-refractivity contribution in [1.82, 2.24) is 24.6 Å². The summed E-state index contributed by atoms with van der Waals surface area (Å²) in [6.45, 7) is 3.80. The van der Waals surface area contributed by atoms with Crippen LogP contribution in [0.25, 0.3) is 16.7 Å². The Hall–Kier alpha value is -3.45. The van der Waals surface area contributed by atoms with Crippen LogP contribution in [-0.2, 0) is 6.54 Å². The fourth-order valence-corrected chi connectivity index (χ4v) is 3.09. The molecule has 7 nitrogen and oxygen atoms in total. The Labute approximate surface area is 168 Å². The van der Waals surface area contributed by atoms with Crippen LogP contribution < -0.4 is 10.3 Å². The van der Waals surface area contributed by atoms with Gasteiger partial charge in [-0.3, -0.25) is 9.69 Å². The van der Waals surface area contributed by atoms with Crippen LogP contribution in [0.15, 0.2) is 65.6 Å². The molecule has 0 fully saturated rings. The van der Waals surface area contributed by atoms with E-state index in [0.29, 0.717) is 36.6 Å². The molecule has 0 aliphatic rings. The molecule has 1 N–H and O–H groups in total. The smallest absolute Gasteiger partial charge is 0.262 e. The van der Waals surface area contributed by atoms with Gasteiger partial charge in [-0.1, -0.05) is 35.9 Å². The summed E-state index contributed by atoms with van der Waals surface area (Å²) in [5, 5.41) is 4.81. The summed E-state index contributed by atoms with van der Waals surface area (Å²) in [5.74, 6) is 1.45. The Morgan fingerprint density at radius 1 is 1.10 bits per heavy atom. The fourth-order valence-electron chi connectivity index (χ4n) is 3.09. The molecule has 4 aromatic rings. The molecule has 2 aromatic carbocycles. The van der Waals surface area contributed by atoms with E-state index in [1.165, 1.54) is 5.56 Å². The monoisotopic (exact) mass is 389 g/mol. The van der Waals surface area contributed by atoms with Crippen molar-refractivity contribution < 1.29 is 4.74 Å². The Bertz CT molecular complexity index is 1150. The average molecular weight is 389 g/mol. The molecule has 0 saturated heterocycles. The summed E-state index contributed by atoms with van der Waals surface area (Å²) in [6.07, 6.45) is 1.55. The van der Waals surface area contributed by atoms with Gasteiger partial charge in [-0.05, 0) is 38.2 Å². The van der Waals surface area contributed by atoms with Gasteiger partial charge in [-0.15, -0.1) is 0 Å². The van der Waals surface area contributed by atoms with E-state index in [0.717, 1.165) is 11.4 Å².